The van der Waals surface area contributed by atoms with E-state index in [1.807, 2.05) is 6.92 Å². The second-order valence-electron chi connectivity index (χ2n) is 3.78. The summed E-state index contributed by atoms with van der Waals surface area (Å²) in [5.74, 6) is -1.48. The van der Waals surface area contributed by atoms with Gasteiger partial charge in [0.2, 0.25) is 0 Å². The van der Waals surface area contributed by atoms with E-state index < -0.39 is 5.97 Å². The van der Waals surface area contributed by atoms with E-state index >= 15 is 0 Å². The third-order valence-corrected chi connectivity index (χ3v) is 2.43. The summed E-state index contributed by atoms with van der Waals surface area (Å²) >= 11 is 0. The standard InChI is InChI=1S/C12H16N2O3/c1-3-4-8-14(2)11(15)10-9(12(16)17)6-5-7-13-10/h5-7H,3-4,8H2,1-2H3,(H,16,17). The van der Waals surface area contributed by atoms with E-state index in [9.17, 15) is 9.59 Å². The number of carboxylic acid groups (broad SMARTS) is 1. The van der Waals surface area contributed by atoms with Gasteiger partial charge in [-0.3, -0.25) is 9.78 Å². The number of hydrogen-bond acceptors (Lipinski definition) is 3. The molecule has 0 spiro atoms. The van der Waals surface area contributed by atoms with Crippen molar-refractivity contribution in [3.63, 3.8) is 0 Å². The number of aromatic carboxylic acids is 1. The molecule has 1 rings (SSSR count). The molecule has 0 aliphatic heterocycles. The average Bonchev–Trinajstić information content (AvgIpc) is 2.34. The SMILES string of the molecule is CCCCN(C)C(=O)c1ncccc1C(=O)O. The van der Waals surface area contributed by atoms with Crippen molar-refractivity contribution in [2.24, 2.45) is 0 Å². The zero-order valence-electron chi connectivity index (χ0n) is 10.0. The molecule has 0 aliphatic carbocycles. The molecule has 5 nitrogen and oxygen atoms in total. The van der Waals surface area contributed by atoms with Crippen molar-refractivity contribution in [2.45, 2.75) is 19.8 Å². The number of carbonyl (C=O) groups is 2. The van der Waals surface area contributed by atoms with E-state index in [2.05, 4.69) is 4.98 Å². The molecule has 1 aromatic heterocycles. The average molecular weight is 236 g/mol. The number of rotatable bonds is 5. The van der Waals surface area contributed by atoms with Crippen LogP contribution in [0, 0.1) is 0 Å². The molecule has 17 heavy (non-hydrogen) atoms. The lowest BCUT2D eigenvalue weighted by molar-refractivity contribution is 0.0679. The molecule has 1 aromatic rings. The fourth-order valence-electron chi connectivity index (χ4n) is 1.43. The van der Waals surface area contributed by atoms with Gasteiger partial charge in [0.15, 0.2) is 0 Å². The van der Waals surface area contributed by atoms with Gasteiger partial charge in [-0.15, -0.1) is 0 Å². The first-order valence-corrected chi connectivity index (χ1v) is 5.51. The van der Waals surface area contributed by atoms with Crippen LogP contribution in [0.5, 0.6) is 0 Å². The maximum atomic E-state index is 12.0. The molecule has 0 atom stereocenters. The van der Waals surface area contributed by atoms with Crippen LogP contribution in [0.25, 0.3) is 0 Å². The van der Waals surface area contributed by atoms with Crippen molar-refractivity contribution in [3.8, 4) is 0 Å². The maximum Gasteiger partial charge on any atom is 0.338 e. The highest BCUT2D eigenvalue weighted by atomic mass is 16.4. The smallest absolute Gasteiger partial charge is 0.338 e. The lowest BCUT2D eigenvalue weighted by Gasteiger charge is -2.16. The minimum absolute atomic E-state index is 0.00129. The molecule has 0 aliphatic rings. The number of pyridine rings is 1. The van der Waals surface area contributed by atoms with Gasteiger partial charge in [0.25, 0.3) is 5.91 Å². The predicted octanol–water partition coefficient (Wildman–Crippen LogP) is 1.65. The molecule has 0 saturated carbocycles. The van der Waals surface area contributed by atoms with E-state index in [1.165, 1.54) is 23.2 Å². The Bertz CT molecular complexity index is 418. The van der Waals surface area contributed by atoms with Crippen molar-refractivity contribution in [2.75, 3.05) is 13.6 Å². The summed E-state index contributed by atoms with van der Waals surface area (Å²) in [5.41, 5.74) is -0.0561. The first kappa shape index (κ1) is 13.2. The van der Waals surface area contributed by atoms with Crippen molar-refractivity contribution >= 4 is 11.9 Å². The van der Waals surface area contributed by atoms with Crippen LogP contribution in [0.2, 0.25) is 0 Å². The zero-order valence-corrected chi connectivity index (χ0v) is 10.0. The Morgan fingerprint density at radius 2 is 2.18 bits per heavy atom. The molecule has 0 bridgehead atoms. The molecular weight excluding hydrogens is 220 g/mol. The molecule has 0 saturated heterocycles. The Morgan fingerprint density at radius 3 is 2.76 bits per heavy atom. The van der Waals surface area contributed by atoms with Crippen LogP contribution in [0.1, 0.15) is 40.6 Å². The summed E-state index contributed by atoms with van der Waals surface area (Å²) in [6, 6.07) is 2.89. The Labute approximate surface area is 100 Å². The monoisotopic (exact) mass is 236 g/mol. The lowest BCUT2D eigenvalue weighted by atomic mass is 10.1. The van der Waals surface area contributed by atoms with Crippen molar-refractivity contribution in [1.82, 2.24) is 9.88 Å². The molecule has 1 heterocycles. The van der Waals surface area contributed by atoms with Crippen molar-refractivity contribution in [1.29, 1.82) is 0 Å². The van der Waals surface area contributed by atoms with Crippen LogP contribution in [-0.2, 0) is 0 Å². The second kappa shape index (κ2) is 5.98. The van der Waals surface area contributed by atoms with Gasteiger partial charge in [-0.2, -0.15) is 0 Å². The van der Waals surface area contributed by atoms with Crippen LogP contribution in [0.15, 0.2) is 18.3 Å². The normalized spacial score (nSPS) is 10.0. The summed E-state index contributed by atoms with van der Waals surface area (Å²) < 4.78 is 0. The van der Waals surface area contributed by atoms with Gasteiger partial charge in [-0.05, 0) is 18.6 Å². The van der Waals surface area contributed by atoms with Gasteiger partial charge >= 0.3 is 5.97 Å². The van der Waals surface area contributed by atoms with Crippen LogP contribution < -0.4 is 0 Å². The van der Waals surface area contributed by atoms with E-state index in [-0.39, 0.29) is 17.2 Å². The van der Waals surface area contributed by atoms with Gasteiger partial charge in [-0.1, -0.05) is 13.3 Å². The van der Waals surface area contributed by atoms with E-state index in [1.54, 1.807) is 7.05 Å². The fraction of sp³-hybridized carbons (Fsp3) is 0.417. The molecule has 0 radical (unpaired) electrons. The Balaban J connectivity index is 2.92. The number of carbonyl (C=O) groups excluding carboxylic acids is 1. The second-order valence-corrected chi connectivity index (χ2v) is 3.78. The van der Waals surface area contributed by atoms with Crippen molar-refractivity contribution < 1.29 is 14.7 Å². The first-order chi connectivity index (χ1) is 8.07. The molecule has 1 amide bonds. The molecule has 92 valence electrons. The van der Waals surface area contributed by atoms with Crippen LogP contribution in [0.4, 0.5) is 0 Å². The summed E-state index contributed by atoms with van der Waals surface area (Å²) in [6.07, 6.45) is 3.29. The maximum absolute atomic E-state index is 12.0. The van der Waals surface area contributed by atoms with Gasteiger partial charge < -0.3 is 10.0 Å². The predicted molar refractivity (Wildman–Crippen MR) is 63.1 cm³/mol. The van der Waals surface area contributed by atoms with Gasteiger partial charge in [0.05, 0.1) is 5.56 Å². The molecule has 0 unspecified atom stereocenters. The quantitative estimate of drug-likeness (QED) is 0.843. The zero-order chi connectivity index (χ0) is 12.8. The molecule has 0 aromatic carbocycles. The van der Waals surface area contributed by atoms with Gasteiger partial charge in [0.1, 0.15) is 5.69 Å². The Hall–Kier alpha value is -1.91. The Kier molecular flexibility index (Phi) is 4.63. The highest BCUT2D eigenvalue weighted by Gasteiger charge is 2.20. The van der Waals surface area contributed by atoms with Gasteiger partial charge in [-0.25, -0.2) is 4.79 Å². The van der Waals surface area contributed by atoms with E-state index in [0.717, 1.165) is 12.8 Å². The highest BCUT2D eigenvalue weighted by molar-refractivity contribution is 6.03. The first-order valence-electron chi connectivity index (χ1n) is 5.51. The summed E-state index contributed by atoms with van der Waals surface area (Å²) in [6.45, 7) is 2.63. The minimum atomic E-state index is -1.13. The van der Waals surface area contributed by atoms with Crippen molar-refractivity contribution in [3.05, 3.63) is 29.6 Å². The fourth-order valence-corrected chi connectivity index (χ4v) is 1.43. The minimum Gasteiger partial charge on any atom is -0.478 e. The number of hydrogen-bond donors (Lipinski definition) is 1. The van der Waals surface area contributed by atoms with Crippen LogP contribution in [0.3, 0.4) is 0 Å². The summed E-state index contributed by atoms with van der Waals surface area (Å²) in [7, 11) is 1.65. The molecule has 1 N–H and O–H groups in total. The Morgan fingerprint density at radius 1 is 1.47 bits per heavy atom. The largest absolute Gasteiger partial charge is 0.478 e. The highest BCUT2D eigenvalue weighted by Crippen LogP contribution is 2.08. The van der Waals surface area contributed by atoms with E-state index in [4.69, 9.17) is 5.11 Å². The van der Waals surface area contributed by atoms with Gasteiger partial charge in [0, 0.05) is 19.8 Å². The molecule has 0 fully saturated rings. The third kappa shape index (κ3) is 3.27. The van der Waals surface area contributed by atoms with Crippen LogP contribution in [-0.4, -0.2) is 40.5 Å². The number of aromatic nitrogens is 1. The third-order valence-electron chi connectivity index (χ3n) is 2.43. The summed E-state index contributed by atoms with van der Waals surface area (Å²) in [5, 5.41) is 8.96. The number of unbranched alkanes of at least 4 members (excludes halogenated alkanes) is 1. The topological polar surface area (TPSA) is 70.5 Å². The summed E-state index contributed by atoms with van der Waals surface area (Å²) in [4.78, 5) is 28.3. The lowest BCUT2D eigenvalue weighted by Crippen LogP contribution is -2.30. The van der Waals surface area contributed by atoms with E-state index in [0.29, 0.717) is 6.54 Å². The molecular formula is C12H16N2O3. The van der Waals surface area contributed by atoms with Crippen LogP contribution >= 0.6 is 0 Å². The number of amides is 1. The molecule has 5 heteroatoms. The number of carboxylic acids is 1. The number of nitrogens with zero attached hydrogens (tertiary/aromatic N) is 2.